The van der Waals surface area contributed by atoms with Crippen LogP contribution in [0.5, 0.6) is 0 Å². The smallest absolute Gasteiger partial charge is 0.356 e. The van der Waals surface area contributed by atoms with Gasteiger partial charge in [-0.25, -0.2) is 4.79 Å². The van der Waals surface area contributed by atoms with Crippen LogP contribution in [0.15, 0.2) is 29.3 Å². The third kappa shape index (κ3) is 4.83. The highest BCUT2D eigenvalue weighted by atomic mass is 32.2. The van der Waals surface area contributed by atoms with Crippen LogP contribution in [0.1, 0.15) is 5.82 Å². The molecule has 1 unspecified atom stereocenters. The van der Waals surface area contributed by atoms with Gasteiger partial charge in [-0.2, -0.15) is 17.8 Å². The van der Waals surface area contributed by atoms with Crippen LogP contribution in [-0.2, 0) is 33.5 Å². The van der Waals surface area contributed by atoms with E-state index in [2.05, 4.69) is 26.4 Å². The number of thioether (sulfide) groups is 1. The molecular formula is C15H16N6O8S3. The molecule has 32 heavy (non-hydrogen) atoms. The number of nitrogens with two attached hydrogens (primary N) is 1. The van der Waals surface area contributed by atoms with Crippen LogP contribution in [0.2, 0.25) is 0 Å². The molecule has 2 amide bonds. The first-order chi connectivity index (χ1) is 15.0. The van der Waals surface area contributed by atoms with Gasteiger partial charge in [-0.05, 0) is 0 Å². The minimum atomic E-state index is -4.01. The van der Waals surface area contributed by atoms with E-state index in [0.717, 1.165) is 34.5 Å². The molecule has 17 heteroatoms. The lowest BCUT2D eigenvalue weighted by atomic mass is 10.0. The molecule has 0 spiro atoms. The summed E-state index contributed by atoms with van der Waals surface area (Å²) in [5, 5.41) is 14.9. The number of aromatic nitrogens is 2. The van der Waals surface area contributed by atoms with Crippen molar-refractivity contribution in [2.45, 2.75) is 11.4 Å². The van der Waals surface area contributed by atoms with E-state index in [0.29, 0.717) is 0 Å². The first kappa shape index (κ1) is 23.5. The number of rotatable bonds is 9. The molecule has 2 atom stereocenters. The summed E-state index contributed by atoms with van der Waals surface area (Å²) in [6, 6.07) is -1.12. The minimum Gasteiger partial charge on any atom is -0.476 e. The molecule has 4 N–H and O–H groups in total. The number of nitrogens with zero attached hydrogens (tertiary/aromatic N) is 4. The van der Waals surface area contributed by atoms with Crippen molar-refractivity contribution < 1.29 is 36.9 Å². The van der Waals surface area contributed by atoms with Crippen LogP contribution in [0.3, 0.4) is 0 Å². The van der Waals surface area contributed by atoms with Crippen molar-refractivity contribution in [1.82, 2.24) is 19.6 Å². The second kappa shape index (κ2) is 9.13. The zero-order valence-corrected chi connectivity index (χ0v) is 18.7. The van der Waals surface area contributed by atoms with Crippen molar-refractivity contribution in [3.8, 4) is 0 Å². The molecule has 0 bridgehead atoms. The Morgan fingerprint density at radius 2 is 2.22 bits per heavy atom. The van der Waals surface area contributed by atoms with Crippen molar-refractivity contribution in [3.63, 3.8) is 0 Å². The number of nitrogen functional groups attached to an aromatic ring is 1. The van der Waals surface area contributed by atoms with E-state index in [4.69, 9.17) is 14.8 Å². The number of hydrogen-bond donors (Lipinski definition) is 3. The summed E-state index contributed by atoms with van der Waals surface area (Å²) in [6.45, 7) is 3.44. The van der Waals surface area contributed by atoms with Gasteiger partial charge in [-0.15, -0.1) is 11.8 Å². The maximum Gasteiger partial charge on any atom is 0.356 e. The number of carboxylic acid groups (broad SMARTS) is 1. The highest BCUT2D eigenvalue weighted by Gasteiger charge is 2.55. The number of carbonyl (C=O) groups is 3. The van der Waals surface area contributed by atoms with E-state index in [9.17, 15) is 27.9 Å². The maximum atomic E-state index is 12.8. The predicted octanol–water partition coefficient (Wildman–Crippen LogP) is -1.30. The first-order valence-corrected chi connectivity index (χ1v) is 12.2. The van der Waals surface area contributed by atoms with E-state index < -0.39 is 45.0 Å². The average Bonchev–Trinajstić information content (AvgIpc) is 3.13. The Kier molecular flexibility index (Phi) is 6.70. The van der Waals surface area contributed by atoms with Gasteiger partial charge in [0.1, 0.15) is 18.0 Å². The summed E-state index contributed by atoms with van der Waals surface area (Å²) in [7, 11) is -4.01. The van der Waals surface area contributed by atoms with Crippen LogP contribution in [-0.4, -0.2) is 81.3 Å². The number of anilines is 1. The fraction of sp³-hybridized carbons (Fsp3) is 0.333. The summed E-state index contributed by atoms with van der Waals surface area (Å²) >= 11 is 1.84. The van der Waals surface area contributed by atoms with E-state index in [1.54, 1.807) is 0 Å². The minimum absolute atomic E-state index is 0.0130. The second-order valence-corrected chi connectivity index (χ2v) is 9.67. The second-order valence-electron chi connectivity index (χ2n) is 6.21. The fourth-order valence-electron chi connectivity index (χ4n) is 2.72. The monoisotopic (exact) mass is 504 g/mol. The number of carboxylic acids is 1. The van der Waals surface area contributed by atoms with Gasteiger partial charge in [0.15, 0.2) is 16.6 Å². The number of amides is 2. The number of oxime groups is 1. The number of carbonyl (C=O) groups excluding carboxylic acids is 2. The van der Waals surface area contributed by atoms with Gasteiger partial charge in [0.05, 0.1) is 12.0 Å². The van der Waals surface area contributed by atoms with Gasteiger partial charge in [0.2, 0.25) is 11.5 Å². The Morgan fingerprint density at radius 1 is 1.50 bits per heavy atom. The number of β-lactam (4-membered cyclic amide) rings is 1. The molecule has 1 aromatic heterocycles. The SMILES string of the molecule is C=CCON=C(C(=O)NC1C(=O)N2C(C(=O)O)=C(OS(C)(=O)=O)CS[C@@H]12)c1nsc(N)n1. The molecule has 2 aliphatic rings. The normalized spacial score (nSPS) is 20.8. The van der Waals surface area contributed by atoms with Gasteiger partial charge >= 0.3 is 16.1 Å². The standard InChI is InChI=1S/C15H16N6O8S3/c1-3-4-28-19-7(10-18-15(16)31-20-10)11(22)17-8-12(23)21-9(14(24)25)6(5-30-13(8)21)29-32(2,26)27/h3,8,13H,1,4-5H2,2H3,(H,17,22)(H,24,25)(H2,16,18,20)/t8?,13-/m0/s1. The molecule has 0 aliphatic carbocycles. The van der Waals surface area contributed by atoms with E-state index in [1.807, 2.05) is 0 Å². The summed E-state index contributed by atoms with van der Waals surface area (Å²) in [5.74, 6) is -3.84. The molecule has 1 saturated heterocycles. The number of nitrogens with one attached hydrogen (secondary N) is 1. The number of fused-ring (bicyclic) bond motifs is 1. The molecule has 3 heterocycles. The molecule has 1 aromatic rings. The topological polar surface area (TPSA) is 203 Å². The third-order valence-corrected chi connectivity index (χ3v) is 6.19. The van der Waals surface area contributed by atoms with Crippen molar-refractivity contribution in [3.05, 3.63) is 29.9 Å². The van der Waals surface area contributed by atoms with E-state index in [-0.39, 0.29) is 34.8 Å². The summed E-state index contributed by atoms with van der Waals surface area (Å²) < 4.78 is 31.4. The Morgan fingerprint density at radius 3 is 2.78 bits per heavy atom. The molecule has 2 aliphatic heterocycles. The fourth-order valence-corrected chi connectivity index (χ4v) is 4.98. The third-order valence-electron chi connectivity index (χ3n) is 3.89. The summed E-state index contributed by atoms with van der Waals surface area (Å²) in [6.07, 6.45) is 2.15. The summed E-state index contributed by atoms with van der Waals surface area (Å²) in [4.78, 5) is 46.7. The Balaban J connectivity index is 1.81. The van der Waals surface area contributed by atoms with E-state index >= 15 is 0 Å². The molecule has 0 radical (unpaired) electrons. The van der Waals surface area contributed by atoms with Crippen molar-refractivity contribution in [2.24, 2.45) is 5.16 Å². The maximum absolute atomic E-state index is 12.8. The van der Waals surface area contributed by atoms with Crippen LogP contribution < -0.4 is 11.1 Å². The van der Waals surface area contributed by atoms with Gasteiger partial charge in [0.25, 0.3) is 11.8 Å². The number of aliphatic carboxylic acids is 1. The molecule has 3 rings (SSSR count). The largest absolute Gasteiger partial charge is 0.476 e. The van der Waals surface area contributed by atoms with Crippen LogP contribution in [0, 0.1) is 0 Å². The Bertz CT molecular complexity index is 1140. The molecule has 1 fully saturated rings. The highest BCUT2D eigenvalue weighted by molar-refractivity contribution is 8.00. The lowest BCUT2D eigenvalue weighted by Crippen LogP contribution is -2.71. The molecular weight excluding hydrogens is 488 g/mol. The quantitative estimate of drug-likeness (QED) is 0.0896. The average molecular weight is 505 g/mol. The zero-order valence-electron chi connectivity index (χ0n) is 16.2. The van der Waals surface area contributed by atoms with Gasteiger partial charge < -0.3 is 25.2 Å². The molecule has 172 valence electrons. The van der Waals surface area contributed by atoms with Gasteiger partial charge in [-0.1, -0.05) is 17.8 Å². The highest BCUT2D eigenvalue weighted by Crippen LogP contribution is 2.40. The van der Waals surface area contributed by atoms with Gasteiger partial charge in [-0.3, -0.25) is 14.5 Å². The molecule has 0 aromatic carbocycles. The zero-order chi connectivity index (χ0) is 23.6. The van der Waals surface area contributed by atoms with Crippen molar-refractivity contribution in [2.75, 3.05) is 24.3 Å². The van der Waals surface area contributed by atoms with Crippen molar-refractivity contribution in [1.29, 1.82) is 0 Å². The van der Waals surface area contributed by atoms with Crippen LogP contribution >= 0.6 is 23.3 Å². The molecule has 0 saturated carbocycles. The first-order valence-electron chi connectivity index (χ1n) is 8.55. The predicted molar refractivity (Wildman–Crippen MR) is 113 cm³/mol. The van der Waals surface area contributed by atoms with Crippen molar-refractivity contribution >= 4 is 62.0 Å². The van der Waals surface area contributed by atoms with Crippen LogP contribution in [0.4, 0.5) is 5.13 Å². The Labute approximate surface area is 189 Å². The Hall–Kier alpha value is -3.18. The number of hydrogen-bond acceptors (Lipinski definition) is 13. The summed E-state index contributed by atoms with van der Waals surface area (Å²) in [5.41, 5.74) is 4.59. The lowest BCUT2D eigenvalue weighted by Gasteiger charge is -2.48. The van der Waals surface area contributed by atoms with Crippen LogP contribution in [0.25, 0.3) is 0 Å². The van der Waals surface area contributed by atoms with E-state index in [1.165, 1.54) is 6.08 Å². The van der Waals surface area contributed by atoms with Gasteiger partial charge in [0, 0.05) is 11.5 Å². The lowest BCUT2D eigenvalue weighted by molar-refractivity contribution is -0.150. The molecule has 14 nitrogen and oxygen atoms in total.